The van der Waals surface area contributed by atoms with Crippen LogP contribution in [0.1, 0.15) is 53.6 Å². The third-order valence-electron chi connectivity index (χ3n) is 5.12. The van der Waals surface area contributed by atoms with Gasteiger partial charge < -0.3 is 0 Å². The first kappa shape index (κ1) is 17.9. The monoisotopic (exact) mass is 371 g/mol. The summed E-state index contributed by atoms with van der Waals surface area (Å²) in [6.45, 7) is 0. The van der Waals surface area contributed by atoms with Crippen molar-refractivity contribution >= 4 is 15.6 Å². The maximum Gasteiger partial charge on any atom is 0.416 e. The van der Waals surface area contributed by atoms with Gasteiger partial charge in [0.1, 0.15) is 0 Å². The van der Waals surface area contributed by atoms with Gasteiger partial charge in [0, 0.05) is 11.5 Å². The zero-order valence-electron chi connectivity index (χ0n) is 13.2. The fraction of sp³-hybridized carbons (Fsp3) is 0.529. The molecule has 0 aliphatic carbocycles. The molecule has 2 saturated heterocycles. The molecule has 2 unspecified atom stereocenters. The maximum atomic E-state index is 13.0. The number of benzene rings is 1. The minimum atomic E-state index is -4.66. The van der Waals surface area contributed by atoms with Crippen LogP contribution in [0, 0.1) is 17.2 Å². The highest BCUT2D eigenvalue weighted by molar-refractivity contribution is 7.92. The summed E-state index contributed by atoms with van der Waals surface area (Å²) in [6, 6.07) is 4.25. The van der Waals surface area contributed by atoms with E-state index in [1.807, 2.05) is 0 Å². The molecule has 2 aliphatic rings. The Morgan fingerprint density at radius 3 is 2.24 bits per heavy atom. The summed E-state index contributed by atoms with van der Waals surface area (Å²) in [5.41, 5.74) is -1.45. The van der Waals surface area contributed by atoms with Crippen LogP contribution in [-0.2, 0) is 16.0 Å². The van der Waals surface area contributed by atoms with Crippen LogP contribution < -0.4 is 0 Å². The van der Waals surface area contributed by atoms with Gasteiger partial charge in [-0.2, -0.15) is 18.4 Å². The molecule has 2 heterocycles. The Morgan fingerprint density at radius 2 is 1.72 bits per heavy atom. The van der Waals surface area contributed by atoms with Crippen molar-refractivity contribution in [3.8, 4) is 6.07 Å². The lowest BCUT2D eigenvalue weighted by molar-refractivity contribution is -0.137. The molecule has 0 N–H and O–H groups in total. The Balaban J connectivity index is 1.93. The predicted octanol–water partition coefficient (Wildman–Crippen LogP) is 3.51. The van der Waals surface area contributed by atoms with Crippen molar-refractivity contribution in [1.29, 1.82) is 5.26 Å². The van der Waals surface area contributed by atoms with Crippen LogP contribution in [0.25, 0.3) is 0 Å². The number of nitrogens with zero attached hydrogens (tertiary/aromatic N) is 1. The second-order valence-corrected chi connectivity index (χ2v) is 9.22. The van der Waals surface area contributed by atoms with E-state index in [0.29, 0.717) is 18.9 Å². The molecule has 1 aromatic carbocycles. The minimum absolute atomic E-state index is 0.149. The van der Waals surface area contributed by atoms with E-state index in [1.54, 1.807) is 6.07 Å². The molecule has 1 aromatic rings. The lowest BCUT2D eigenvalue weighted by atomic mass is 9.84. The number of nitriles is 1. The number of fused-ring (bicyclic) bond motifs is 2. The largest absolute Gasteiger partial charge is 0.416 e. The first-order chi connectivity index (χ1) is 11.6. The van der Waals surface area contributed by atoms with Crippen LogP contribution in [-0.4, -0.2) is 24.7 Å². The highest BCUT2D eigenvalue weighted by Crippen LogP contribution is 2.41. The number of sulfone groups is 1. The maximum absolute atomic E-state index is 13.0. The van der Waals surface area contributed by atoms with Gasteiger partial charge in [0.05, 0.1) is 27.7 Å². The molecule has 3 rings (SSSR count). The van der Waals surface area contributed by atoms with E-state index in [1.165, 1.54) is 0 Å². The molecule has 0 saturated carbocycles. The van der Waals surface area contributed by atoms with Crippen LogP contribution in [0.15, 0.2) is 18.2 Å². The zero-order valence-corrected chi connectivity index (χ0v) is 14.0. The number of ketones is 1. The van der Waals surface area contributed by atoms with Gasteiger partial charge in [0.2, 0.25) is 0 Å². The van der Waals surface area contributed by atoms with Crippen molar-refractivity contribution in [2.24, 2.45) is 5.92 Å². The molecule has 2 aliphatic heterocycles. The Labute approximate surface area is 143 Å². The summed E-state index contributed by atoms with van der Waals surface area (Å²) in [6.07, 6.45) is -2.58. The summed E-state index contributed by atoms with van der Waals surface area (Å²) in [4.78, 5) is 12.7. The fourth-order valence-electron chi connectivity index (χ4n) is 3.86. The van der Waals surface area contributed by atoms with Gasteiger partial charge in [0.25, 0.3) is 0 Å². The highest BCUT2D eigenvalue weighted by Gasteiger charge is 2.46. The molecular formula is C17H16F3NO3S. The summed E-state index contributed by atoms with van der Waals surface area (Å²) in [5, 5.41) is 7.76. The number of alkyl halides is 3. The standard InChI is InChI=1S/C17H16F3NO3S/c18-17(19,20)13-5-10(9-21)4-11(6-13)16(22)12-7-14-2-1-3-15(8-12)25(14,23)24/h4-6,12,14-15H,1-3,7-8H2. The molecular weight excluding hydrogens is 355 g/mol. The average Bonchev–Trinajstić information content (AvgIpc) is 2.52. The summed E-state index contributed by atoms with van der Waals surface area (Å²) in [7, 11) is -3.24. The van der Waals surface area contributed by atoms with E-state index in [-0.39, 0.29) is 24.0 Å². The van der Waals surface area contributed by atoms with Crippen LogP contribution >= 0.6 is 0 Å². The normalized spacial score (nSPS) is 28.2. The third kappa shape index (κ3) is 3.30. The average molecular weight is 371 g/mol. The molecule has 134 valence electrons. The van der Waals surface area contributed by atoms with Crippen LogP contribution in [0.5, 0.6) is 0 Å². The van der Waals surface area contributed by atoms with Crippen molar-refractivity contribution in [3.63, 3.8) is 0 Å². The van der Waals surface area contributed by atoms with Crippen molar-refractivity contribution in [3.05, 3.63) is 34.9 Å². The molecule has 25 heavy (non-hydrogen) atoms. The first-order valence-electron chi connectivity index (χ1n) is 8.02. The van der Waals surface area contributed by atoms with Gasteiger partial charge in [0.15, 0.2) is 15.6 Å². The number of Topliss-reactive ketones (excluding diaryl/α,β-unsaturated/α-hetero) is 1. The van der Waals surface area contributed by atoms with Crippen LogP contribution in [0.2, 0.25) is 0 Å². The van der Waals surface area contributed by atoms with Crippen molar-refractivity contribution in [2.75, 3.05) is 0 Å². The molecule has 0 amide bonds. The number of hydrogen-bond acceptors (Lipinski definition) is 4. The minimum Gasteiger partial charge on any atom is -0.294 e. The molecule has 8 heteroatoms. The Hall–Kier alpha value is -1.88. The van der Waals surface area contributed by atoms with E-state index < -0.39 is 43.8 Å². The lowest BCUT2D eigenvalue weighted by Crippen LogP contribution is -2.45. The van der Waals surface area contributed by atoms with E-state index in [0.717, 1.165) is 18.6 Å². The number of hydrogen-bond donors (Lipinski definition) is 0. The Morgan fingerprint density at radius 1 is 1.12 bits per heavy atom. The second kappa shape index (κ2) is 6.13. The van der Waals surface area contributed by atoms with E-state index in [9.17, 15) is 26.4 Å². The van der Waals surface area contributed by atoms with E-state index in [2.05, 4.69) is 0 Å². The van der Waals surface area contributed by atoms with Crippen LogP contribution in [0.3, 0.4) is 0 Å². The lowest BCUT2D eigenvalue weighted by Gasteiger charge is -2.38. The summed E-state index contributed by atoms with van der Waals surface area (Å²) < 4.78 is 63.5. The number of carbonyl (C=O) groups excluding carboxylic acids is 1. The molecule has 4 nitrogen and oxygen atoms in total. The Kier molecular flexibility index (Phi) is 4.40. The molecule has 2 bridgehead atoms. The van der Waals surface area contributed by atoms with Gasteiger partial charge >= 0.3 is 6.18 Å². The predicted molar refractivity (Wildman–Crippen MR) is 83.6 cm³/mol. The fourth-order valence-corrected chi connectivity index (χ4v) is 6.39. The number of carbonyl (C=O) groups is 1. The van der Waals surface area contributed by atoms with Gasteiger partial charge in [-0.3, -0.25) is 4.79 Å². The Bertz CT molecular complexity index is 835. The van der Waals surface area contributed by atoms with Crippen LogP contribution in [0.4, 0.5) is 13.2 Å². The van der Waals surface area contributed by atoms with Gasteiger partial charge in [-0.15, -0.1) is 0 Å². The topological polar surface area (TPSA) is 75.0 Å². The number of halogens is 3. The quantitative estimate of drug-likeness (QED) is 0.746. The molecule has 0 aromatic heterocycles. The van der Waals surface area contributed by atoms with Gasteiger partial charge in [-0.05, 0) is 43.9 Å². The highest BCUT2D eigenvalue weighted by atomic mass is 32.2. The molecule has 2 atom stereocenters. The first-order valence-corrected chi connectivity index (χ1v) is 9.63. The smallest absolute Gasteiger partial charge is 0.294 e. The van der Waals surface area contributed by atoms with Crippen molar-refractivity contribution in [2.45, 2.75) is 48.8 Å². The number of rotatable bonds is 2. The van der Waals surface area contributed by atoms with Crippen molar-refractivity contribution < 1.29 is 26.4 Å². The zero-order chi connectivity index (χ0) is 18.4. The summed E-state index contributed by atoms with van der Waals surface area (Å²) >= 11 is 0. The van der Waals surface area contributed by atoms with Crippen molar-refractivity contribution in [1.82, 2.24) is 0 Å². The van der Waals surface area contributed by atoms with Gasteiger partial charge in [-0.25, -0.2) is 8.42 Å². The molecule has 2 fully saturated rings. The SMILES string of the molecule is N#Cc1cc(C(=O)C2CC3CCCC(C2)S3(=O)=O)cc(C(F)(F)F)c1. The van der Waals surface area contributed by atoms with Gasteiger partial charge in [-0.1, -0.05) is 6.42 Å². The molecule has 0 spiro atoms. The second-order valence-electron chi connectivity index (χ2n) is 6.71. The third-order valence-corrected chi connectivity index (χ3v) is 7.84. The molecule has 0 radical (unpaired) electrons. The van der Waals surface area contributed by atoms with E-state index in [4.69, 9.17) is 5.26 Å². The van der Waals surface area contributed by atoms with E-state index >= 15 is 0 Å². The summed E-state index contributed by atoms with van der Waals surface area (Å²) in [5.74, 6) is -1.12.